The zero-order valence-corrected chi connectivity index (χ0v) is 14.7. The fourth-order valence-corrected chi connectivity index (χ4v) is 3.87. The second kappa shape index (κ2) is 8.04. The van der Waals surface area contributed by atoms with Crippen LogP contribution in [0, 0.1) is 5.92 Å². The minimum Gasteiger partial charge on any atom is -0.493 e. The molecule has 22 heavy (non-hydrogen) atoms. The van der Waals surface area contributed by atoms with E-state index in [0.29, 0.717) is 5.75 Å². The monoisotopic (exact) mass is 350 g/mol. The lowest BCUT2D eigenvalue weighted by Gasteiger charge is -2.19. The molecule has 126 valence electrons. The van der Waals surface area contributed by atoms with E-state index in [4.69, 9.17) is 4.74 Å². The third-order valence-electron chi connectivity index (χ3n) is 2.86. The SMILES string of the molecule is CCOS(=O)(=O)c1ccc(OCC(C)C[Si](O)(O)OC)cc1. The predicted molar refractivity (Wildman–Crippen MR) is 81.9 cm³/mol. The molecule has 0 aliphatic carbocycles. The first-order chi connectivity index (χ1) is 10.2. The van der Waals surface area contributed by atoms with Gasteiger partial charge < -0.3 is 18.8 Å². The van der Waals surface area contributed by atoms with Crippen molar-refractivity contribution in [1.29, 1.82) is 0 Å². The highest BCUT2D eigenvalue weighted by atomic mass is 32.2. The van der Waals surface area contributed by atoms with Crippen molar-refractivity contribution in [1.82, 2.24) is 0 Å². The average Bonchev–Trinajstić information content (AvgIpc) is 2.45. The van der Waals surface area contributed by atoms with E-state index in [1.54, 1.807) is 13.8 Å². The molecule has 1 atom stereocenters. The zero-order valence-electron chi connectivity index (χ0n) is 12.9. The molecule has 9 heteroatoms. The quantitative estimate of drug-likeness (QED) is 0.506. The summed E-state index contributed by atoms with van der Waals surface area (Å²) in [6.07, 6.45) is 0. The lowest BCUT2D eigenvalue weighted by atomic mass is 10.2. The summed E-state index contributed by atoms with van der Waals surface area (Å²) in [4.78, 5) is 19.1. The van der Waals surface area contributed by atoms with Crippen molar-refractivity contribution in [2.45, 2.75) is 24.8 Å². The molecule has 0 amide bonds. The molecule has 0 spiro atoms. The Balaban J connectivity index is 2.58. The molecule has 2 N–H and O–H groups in total. The van der Waals surface area contributed by atoms with Crippen LogP contribution in [-0.2, 0) is 18.7 Å². The molecule has 0 aromatic heterocycles. The Morgan fingerprint density at radius 1 is 1.23 bits per heavy atom. The van der Waals surface area contributed by atoms with Gasteiger partial charge >= 0.3 is 8.80 Å². The van der Waals surface area contributed by atoms with Crippen LogP contribution in [0.5, 0.6) is 5.75 Å². The summed E-state index contributed by atoms with van der Waals surface area (Å²) in [5.41, 5.74) is 0. The molecule has 1 unspecified atom stereocenters. The first-order valence-corrected chi connectivity index (χ1v) is 10.2. The molecule has 0 aliphatic heterocycles. The maximum atomic E-state index is 11.7. The number of ether oxygens (including phenoxy) is 1. The average molecular weight is 350 g/mol. The summed E-state index contributed by atoms with van der Waals surface area (Å²) >= 11 is 0. The van der Waals surface area contributed by atoms with Gasteiger partial charge in [-0.2, -0.15) is 8.42 Å². The first-order valence-electron chi connectivity index (χ1n) is 6.82. The van der Waals surface area contributed by atoms with Gasteiger partial charge in [0.2, 0.25) is 0 Å². The molecule has 1 aromatic rings. The summed E-state index contributed by atoms with van der Waals surface area (Å²) in [6.45, 7) is 3.74. The Labute approximate surface area is 132 Å². The standard InChI is InChI=1S/C13H22O7SSi/c1-4-20-21(14,15)13-7-5-12(6-8-13)19-9-11(2)10-22(16,17)18-3/h5-8,11,16-17H,4,9-10H2,1-3H3. The van der Waals surface area contributed by atoms with E-state index in [0.717, 1.165) is 0 Å². The largest absolute Gasteiger partial charge is 0.495 e. The Morgan fingerprint density at radius 3 is 2.32 bits per heavy atom. The van der Waals surface area contributed by atoms with E-state index in [1.165, 1.54) is 31.4 Å². The van der Waals surface area contributed by atoms with Gasteiger partial charge in [0.15, 0.2) is 0 Å². The molecular formula is C13H22O7SSi. The van der Waals surface area contributed by atoms with Gasteiger partial charge in [0.1, 0.15) is 5.75 Å². The maximum Gasteiger partial charge on any atom is 0.495 e. The van der Waals surface area contributed by atoms with Crippen LogP contribution in [0.3, 0.4) is 0 Å². The van der Waals surface area contributed by atoms with Crippen LogP contribution < -0.4 is 4.74 Å². The molecule has 0 aliphatic rings. The van der Waals surface area contributed by atoms with Crippen LogP contribution in [0.4, 0.5) is 0 Å². The lowest BCUT2D eigenvalue weighted by Crippen LogP contribution is -2.40. The fraction of sp³-hybridized carbons (Fsp3) is 0.538. The Bertz CT molecular complexity index is 556. The summed E-state index contributed by atoms with van der Waals surface area (Å²) in [5, 5.41) is 0. The van der Waals surface area contributed by atoms with Crippen molar-refractivity contribution in [3.63, 3.8) is 0 Å². The van der Waals surface area contributed by atoms with Crippen LogP contribution in [0.25, 0.3) is 0 Å². The maximum absolute atomic E-state index is 11.7. The number of hydrogen-bond donors (Lipinski definition) is 2. The summed E-state index contributed by atoms with van der Waals surface area (Å²) in [6, 6.07) is 5.98. The van der Waals surface area contributed by atoms with E-state index in [1.807, 2.05) is 0 Å². The van der Waals surface area contributed by atoms with Crippen molar-refractivity contribution < 1.29 is 31.4 Å². The van der Waals surface area contributed by atoms with Gasteiger partial charge in [-0.3, -0.25) is 4.18 Å². The second-order valence-corrected chi connectivity index (χ2v) is 8.82. The summed E-state index contributed by atoms with van der Waals surface area (Å²) < 4.78 is 38.2. The van der Waals surface area contributed by atoms with Crippen molar-refractivity contribution >= 4 is 18.9 Å². The summed E-state index contributed by atoms with van der Waals surface area (Å²) in [7, 11) is -6.05. The smallest absolute Gasteiger partial charge is 0.493 e. The Morgan fingerprint density at radius 2 is 1.82 bits per heavy atom. The van der Waals surface area contributed by atoms with Crippen molar-refractivity contribution in [3.05, 3.63) is 24.3 Å². The molecule has 7 nitrogen and oxygen atoms in total. The van der Waals surface area contributed by atoms with E-state index in [9.17, 15) is 18.0 Å². The third-order valence-corrected chi connectivity index (χ3v) is 6.14. The van der Waals surface area contributed by atoms with Crippen molar-refractivity contribution in [2.75, 3.05) is 20.3 Å². The molecule has 1 rings (SSSR count). The highest BCUT2D eigenvalue weighted by Crippen LogP contribution is 2.19. The van der Waals surface area contributed by atoms with Gasteiger partial charge in [0, 0.05) is 13.2 Å². The van der Waals surface area contributed by atoms with E-state index in [-0.39, 0.29) is 30.1 Å². The molecular weight excluding hydrogens is 328 g/mol. The number of hydrogen-bond acceptors (Lipinski definition) is 7. The molecule has 0 saturated carbocycles. The van der Waals surface area contributed by atoms with Crippen molar-refractivity contribution in [2.24, 2.45) is 5.92 Å². The van der Waals surface area contributed by atoms with Crippen molar-refractivity contribution in [3.8, 4) is 5.75 Å². The topological polar surface area (TPSA) is 102 Å². The Hall–Kier alpha value is -0.973. The van der Waals surface area contributed by atoms with Crippen LogP contribution in [-0.4, -0.2) is 47.1 Å². The van der Waals surface area contributed by atoms with Gasteiger partial charge in [0.25, 0.3) is 10.1 Å². The van der Waals surface area contributed by atoms with E-state index >= 15 is 0 Å². The molecule has 0 saturated heterocycles. The second-order valence-electron chi connectivity index (χ2n) is 4.90. The molecule has 1 aromatic carbocycles. The fourth-order valence-electron chi connectivity index (χ4n) is 1.76. The predicted octanol–water partition coefficient (Wildman–Crippen LogP) is 0.997. The lowest BCUT2D eigenvalue weighted by molar-refractivity contribution is 0.168. The van der Waals surface area contributed by atoms with Crippen LogP contribution in [0.1, 0.15) is 13.8 Å². The van der Waals surface area contributed by atoms with Gasteiger partial charge in [-0.25, -0.2) is 0 Å². The third kappa shape index (κ3) is 6.03. The number of benzene rings is 1. The first kappa shape index (κ1) is 19.1. The van der Waals surface area contributed by atoms with Gasteiger partial charge in [-0.1, -0.05) is 6.92 Å². The highest BCUT2D eigenvalue weighted by Gasteiger charge is 2.33. The van der Waals surface area contributed by atoms with Gasteiger partial charge in [-0.05, 0) is 37.1 Å². The minimum atomic E-state index is -3.72. The molecule has 0 heterocycles. The van der Waals surface area contributed by atoms with Crippen LogP contribution in [0.15, 0.2) is 29.2 Å². The zero-order chi connectivity index (χ0) is 16.8. The van der Waals surface area contributed by atoms with Crippen LogP contribution >= 0.6 is 0 Å². The van der Waals surface area contributed by atoms with E-state index < -0.39 is 18.9 Å². The minimum absolute atomic E-state index is 0.0614. The highest BCUT2D eigenvalue weighted by molar-refractivity contribution is 7.86. The van der Waals surface area contributed by atoms with Crippen LogP contribution in [0.2, 0.25) is 6.04 Å². The van der Waals surface area contributed by atoms with Gasteiger partial charge in [0.05, 0.1) is 18.1 Å². The number of rotatable bonds is 9. The molecule has 0 fully saturated rings. The van der Waals surface area contributed by atoms with E-state index in [2.05, 4.69) is 8.61 Å². The Kier molecular flexibility index (Phi) is 6.97. The molecule has 0 radical (unpaired) electrons. The summed E-state index contributed by atoms with van der Waals surface area (Å²) in [5.74, 6) is 0.372. The molecule has 0 bridgehead atoms. The van der Waals surface area contributed by atoms with Gasteiger partial charge in [-0.15, -0.1) is 0 Å². The normalized spacial score (nSPS) is 13.9.